The number of aromatic nitrogens is 1. The zero-order valence-corrected chi connectivity index (χ0v) is 20.6. The highest BCUT2D eigenvalue weighted by atomic mass is 32.2. The molecule has 1 aromatic heterocycles. The normalized spacial score (nSPS) is 15.0. The van der Waals surface area contributed by atoms with Crippen LogP contribution in [0.2, 0.25) is 0 Å². The Hall–Kier alpha value is -2.70. The third-order valence-corrected chi connectivity index (χ3v) is 8.86. The van der Waals surface area contributed by atoms with Crippen LogP contribution in [0.1, 0.15) is 10.6 Å². The molecule has 35 heavy (non-hydrogen) atoms. The van der Waals surface area contributed by atoms with Crippen molar-refractivity contribution < 1.29 is 21.9 Å². The predicted octanol–water partition coefficient (Wildman–Crippen LogP) is -0.163. The van der Waals surface area contributed by atoms with Crippen molar-refractivity contribution in [2.24, 2.45) is 31.8 Å². The molecule has 186 valence electrons. The Bertz CT molecular complexity index is 1560. The van der Waals surface area contributed by atoms with Crippen LogP contribution < -0.4 is 21.3 Å². The molecular formula is C19H22N8O5S3. The third-order valence-electron chi connectivity index (χ3n) is 5.11. The quantitative estimate of drug-likeness (QED) is 0.245. The van der Waals surface area contributed by atoms with E-state index in [1.54, 1.807) is 18.2 Å². The summed E-state index contributed by atoms with van der Waals surface area (Å²) in [5.41, 5.74) is 12.6. The fraction of sp³-hybridized carbons (Fsp3) is 0.263. The highest BCUT2D eigenvalue weighted by Gasteiger charge is 2.33. The van der Waals surface area contributed by atoms with Gasteiger partial charge in [0.05, 0.1) is 28.4 Å². The first-order valence-electron chi connectivity index (χ1n) is 10.1. The van der Waals surface area contributed by atoms with Crippen molar-refractivity contribution >= 4 is 47.4 Å². The summed E-state index contributed by atoms with van der Waals surface area (Å²) in [4.78, 5) is 7.25. The van der Waals surface area contributed by atoms with Crippen LogP contribution in [0.4, 0.5) is 0 Å². The van der Waals surface area contributed by atoms with Gasteiger partial charge in [-0.3, -0.25) is 0 Å². The van der Waals surface area contributed by atoms with Gasteiger partial charge in [0, 0.05) is 13.1 Å². The maximum Gasteiger partial charge on any atom is 0.242 e. The summed E-state index contributed by atoms with van der Waals surface area (Å²) < 4.78 is 55.0. The topological polar surface area (TPSA) is 229 Å². The standard InChI is InChI=1S/C19H22N8O5S3/c20-6-11(8-28)27-35(31,32)15-4-2-12(10-1-3-14-13(5-10)25-16(7-21)33-14)17(18(15)34(22,29)30)19-23-9-24-26-19/h1-5,11,27-28H,6-9,20-21H2,(H2,22,29,30)/t11-/m0/s1. The molecule has 0 radical (unpaired) electrons. The van der Waals surface area contributed by atoms with E-state index in [0.717, 1.165) is 15.8 Å². The number of hydrogen-bond donors (Lipinski definition) is 5. The lowest BCUT2D eigenvalue weighted by Gasteiger charge is -2.19. The van der Waals surface area contributed by atoms with E-state index in [1.165, 1.54) is 17.4 Å². The average Bonchev–Trinajstić information content (AvgIpc) is 3.50. The van der Waals surface area contributed by atoms with E-state index in [9.17, 15) is 21.9 Å². The molecule has 0 fully saturated rings. The van der Waals surface area contributed by atoms with E-state index < -0.39 is 42.5 Å². The van der Waals surface area contributed by atoms with Crippen LogP contribution >= 0.6 is 11.3 Å². The highest BCUT2D eigenvalue weighted by Crippen LogP contribution is 2.36. The first-order valence-corrected chi connectivity index (χ1v) is 14.0. The molecule has 3 aromatic rings. The second-order valence-corrected chi connectivity index (χ2v) is 11.8. The van der Waals surface area contributed by atoms with Gasteiger partial charge in [-0.1, -0.05) is 12.1 Å². The molecular weight excluding hydrogens is 516 g/mol. The van der Waals surface area contributed by atoms with Crippen LogP contribution in [0.3, 0.4) is 0 Å². The highest BCUT2D eigenvalue weighted by molar-refractivity contribution is 7.92. The second-order valence-electron chi connectivity index (χ2n) is 7.46. The van der Waals surface area contributed by atoms with Crippen molar-refractivity contribution in [1.82, 2.24) is 9.71 Å². The van der Waals surface area contributed by atoms with Gasteiger partial charge in [-0.2, -0.15) is 5.11 Å². The Morgan fingerprint density at radius 3 is 2.51 bits per heavy atom. The zero-order chi connectivity index (χ0) is 25.4. The van der Waals surface area contributed by atoms with Gasteiger partial charge in [0.2, 0.25) is 20.0 Å². The average molecular weight is 539 g/mol. The molecule has 0 bridgehead atoms. The summed E-state index contributed by atoms with van der Waals surface area (Å²) in [7, 11) is -9.12. The van der Waals surface area contributed by atoms with Crippen LogP contribution in [0.15, 0.2) is 55.3 Å². The molecule has 1 atom stereocenters. The fourth-order valence-electron chi connectivity index (χ4n) is 3.55. The number of nitrogens with two attached hydrogens (primary N) is 3. The van der Waals surface area contributed by atoms with Crippen LogP contribution in [0.5, 0.6) is 0 Å². The first kappa shape index (κ1) is 25.4. The monoisotopic (exact) mass is 538 g/mol. The Morgan fingerprint density at radius 2 is 1.91 bits per heavy atom. The van der Waals surface area contributed by atoms with Crippen molar-refractivity contribution in [3.63, 3.8) is 0 Å². The Labute approximate surface area is 204 Å². The number of fused-ring (bicyclic) bond motifs is 1. The maximum absolute atomic E-state index is 13.1. The lowest BCUT2D eigenvalue weighted by atomic mass is 9.98. The van der Waals surface area contributed by atoms with E-state index >= 15 is 0 Å². The maximum atomic E-state index is 13.1. The molecule has 0 aliphatic carbocycles. The van der Waals surface area contributed by atoms with Gasteiger partial charge >= 0.3 is 0 Å². The minimum absolute atomic E-state index is 0.0567. The molecule has 0 amide bonds. The molecule has 0 saturated heterocycles. The lowest BCUT2D eigenvalue weighted by molar-refractivity contribution is 0.259. The molecule has 16 heteroatoms. The SMILES string of the molecule is NCc1nc2cc(-c3ccc(S(=O)(=O)N[C@@H](CN)CO)c(S(N)(=O)=O)c3C3=NCN=N3)ccc2s1. The minimum Gasteiger partial charge on any atom is -0.395 e. The van der Waals surface area contributed by atoms with Crippen LogP contribution in [-0.2, 0) is 26.6 Å². The molecule has 2 heterocycles. The van der Waals surface area contributed by atoms with E-state index in [-0.39, 0.29) is 31.2 Å². The van der Waals surface area contributed by atoms with E-state index in [1.807, 2.05) is 0 Å². The number of sulfonamides is 2. The summed E-state index contributed by atoms with van der Waals surface area (Å²) in [6.07, 6.45) is 0. The van der Waals surface area contributed by atoms with Crippen molar-refractivity contribution in [3.8, 4) is 11.1 Å². The van der Waals surface area contributed by atoms with Gasteiger partial charge in [0.15, 0.2) is 12.5 Å². The molecule has 1 aliphatic rings. The summed E-state index contributed by atoms with van der Waals surface area (Å²) >= 11 is 1.43. The van der Waals surface area contributed by atoms with Crippen molar-refractivity contribution in [1.29, 1.82) is 0 Å². The number of azo groups is 1. The Balaban J connectivity index is 2.02. The molecule has 1 aliphatic heterocycles. The number of aliphatic imine (C=N–C) groups is 1. The molecule has 4 rings (SSSR count). The molecule has 8 N–H and O–H groups in total. The number of primary sulfonamides is 1. The smallest absolute Gasteiger partial charge is 0.242 e. The number of nitrogens with zero attached hydrogens (tertiary/aromatic N) is 4. The van der Waals surface area contributed by atoms with Crippen LogP contribution in [0, 0.1) is 0 Å². The molecule has 0 saturated carbocycles. The number of amidine groups is 1. The number of thiazole rings is 1. The number of aliphatic hydroxyl groups is 1. The van der Waals surface area contributed by atoms with Gasteiger partial charge in [0.1, 0.15) is 14.8 Å². The zero-order valence-electron chi connectivity index (χ0n) is 18.1. The van der Waals surface area contributed by atoms with Gasteiger partial charge in [0.25, 0.3) is 0 Å². The van der Waals surface area contributed by atoms with Crippen molar-refractivity contribution in [3.05, 3.63) is 40.9 Å². The van der Waals surface area contributed by atoms with Crippen LogP contribution in [0.25, 0.3) is 21.3 Å². The second kappa shape index (κ2) is 9.75. The van der Waals surface area contributed by atoms with Crippen molar-refractivity contribution in [2.75, 3.05) is 19.8 Å². The van der Waals surface area contributed by atoms with Crippen LogP contribution in [-0.4, -0.2) is 58.6 Å². The number of aliphatic hydroxyl groups excluding tert-OH is 1. The summed E-state index contributed by atoms with van der Waals surface area (Å²) in [5, 5.41) is 23.3. The molecule has 2 aromatic carbocycles. The first-order chi connectivity index (χ1) is 16.6. The lowest BCUT2D eigenvalue weighted by Crippen LogP contribution is -2.43. The predicted molar refractivity (Wildman–Crippen MR) is 131 cm³/mol. The van der Waals surface area contributed by atoms with Gasteiger partial charge in [-0.15, -0.1) is 16.5 Å². The molecule has 0 spiro atoms. The summed E-state index contributed by atoms with van der Waals surface area (Å²) in [6.45, 7) is -0.599. The Morgan fingerprint density at radius 1 is 1.14 bits per heavy atom. The Kier molecular flexibility index (Phi) is 7.07. The van der Waals surface area contributed by atoms with E-state index in [0.29, 0.717) is 16.6 Å². The number of benzene rings is 2. The van der Waals surface area contributed by atoms with Gasteiger partial charge in [-0.05, 0) is 29.3 Å². The number of rotatable bonds is 9. The number of hydrogen-bond acceptors (Lipinski definition) is 12. The summed E-state index contributed by atoms with van der Waals surface area (Å²) in [5.74, 6) is -0.0837. The number of nitrogens with one attached hydrogen (secondary N) is 1. The summed E-state index contributed by atoms with van der Waals surface area (Å²) in [6, 6.07) is 6.79. The third kappa shape index (κ3) is 5.00. The molecule has 13 nitrogen and oxygen atoms in total. The van der Waals surface area contributed by atoms with Gasteiger partial charge < -0.3 is 16.6 Å². The molecule has 0 unspecified atom stereocenters. The van der Waals surface area contributed by atoms with E-state index in [4.69, 9.17) is 16.6 Å². The fourth-order valence-corrected chi connectivity index (χ4v) is 7.22. The van der Waals surface area contributed by atoms with E-state index in [2.05, 4.69) is 24.9 Å². The minimum atomic E-state index is -4.63. The van der Waals surface area contributed by atoms with Gasteiger partial charge in [-0.25, -0.2) is 36.7 Å². The largest absolute Gasteiger partial charge is 0.395 e. The van der Waals surface area contributed by atoms with Crippen molar-refractivity contribution in [2.45, 2.75) is 22.4 Å².